The smallest absolute Gasteiger partial charge is 0.416 e. The van der Waals surface area contributed by atoms with Gasteiger partial charge in [-0.1, -0.05) is 59.1 Å². The van der Waals surface area contributed by atoms with Gasteiger partial charge in [-0.05, 0) is 146 Å². The highest BCUT2D eigenvalue weighted by atomic mass is 35.5. The molecule has 0 unspecified atom stereocenters. The average molecular weight is 1440 g/mol. The highest BCUT2D eigenvalue weighted by Gasteiger charge is 2.32. The molecule has 0 fully saturated rings. The second kappa shape index (κ2) is 29.9. The Morgan fingerprint density at radius 1 is 0.291 bits per heavy atom. The Labute approximate surface area is 590 Å². The fourth-order valence-corrected chi connectivity index (χ4v) is 10.1. The lowest BCUT2D eigenvalue weighted by atomic mass is 10.1. The van der Waals surface area contributed by atoms with Crippen molar-refractivity contribution in [3.8, 4) is 103 Å². The van der Waals surface area contributed by atoms with Crippen LogP contribution in [0.4, 0.5) is 13.2 Å². The fourth-order valence-electron chi connectivity index (χ4n) is 9.56. The zero-order valence-electron chi connectivity index (χ0n) is 52.2. The van der Waals surface area contributed by atoms with Crippen LogP contribution >= 0.6 is 34.8 Å². The molecular weight excluding hydrogens is 1400 g/mol. The third-order valence-corrected chi connectivity index (χ3v) is 15.1. The third-order valence-electron chi connectivity index (χ3n) is 14.4. The van der Waals surface area contributed by atoms with Crippen LogP contribution in [0.3, 0.4) is 0 Å². The number of hydrogen-bond acceptors (Lipinski definition) is 24. The number of aromatic nitrogens is 12. The highest BCUT2D eigenvalue weighted by molar-refractivity contribution is 6.31. The summed E-state index contributed by atoms with van der Waals surface area (Å²) in [5.74, 6) is 1.79. The molecule has 0 amide bonds. The van der Waals surface area contributed by atoms with Crippen LogP contribution in [0.15, 0.2) is 258 Å². The molecule has 18 aromatic rings. The summed E-state index contributed by atoms with van der Waals surface area (Å²) in [5, 5.41) is 59.8. The maximum absolute atomic E-state index is 12.7. The minimum absolute atomic E-state index is 0.0703. The Kier molecular flexibility index (Phi) is 19.8. The summed E-state index contributed by atoms with van der Waals surface area (Å²) in [6, 6.07) is 47.8. The predicted molar refractivity (Wildman–Crippen MR) is 373 cm³/mol. The highest BCUT2D eigenvalue weighted by Crippen LogP contribution is 2.40. The summed E-state index contributed by atoms with van der Waals surface area (Å²) in [7, 11) is 0. The van der Waals surface area contributed by atoms with Crippen molar-refractivity contribution in [1.82, 2.24) is 59.8 Å². The number of phenolic OH excluding ortho intramolecular Hbond substituents is 6. The third kappa shape index (κ3) is 15.8. The van der Waals surface area contributed by atoms with Gasteiger partial charge in [-0.3, -0.25) is 9.97 Å². The lowest BCUT2D eigenvalue weighted by Crippen LogP contribution is -2.04. The molecule has 510 valence electrons. The van der Waals surface area contributed by atoms with Gasteiger partial charge in [0.15, 0.2) is 33.6 Å². The number of pyridine rings is 6. The van der Waals surface area contributed by atoms with Gasteiger partial charge in [-0.25, -0.2) is 39.9 Å². The SMILES string of the molecule is Oc1ccc(C(F)(F)F)cc1-c1nc2cccnc2o1.Oc1ccc(Cl)cc1-c1nc2cccnc2o1.Oc1ccc(Cl)cc1-c1nc2cnccc2o1.Oc1ccc(Cl)cc1-c1nc2ncccc2o1.Oc1ccccc1-c1nc2cnccc2o1.Oc1ccccc1-c1nc2ncccc2o1. The molecule has 12 aromatic heterocycles. The first-order valence-corrected chi connectivity index (χ1v) is 31.2. The molecule has 0 spiro atoms. The molecule has 0 saturated heterocycles. The molecule has 24 nitrogen and oxygen atoms in total. The first-order chi connectivity index (χ1) is 49.8. The van der Waals surface area contributed by atoms with Gasteiger partial charge in [-0.2, -0.15) is 23.1 Å². The number of oxazole rings is 6. The van der Waals surface area contributed by atoms with Gasteiger partial charge in [0.05, 0.1) is 51.3 Å². The van der Waals surface area contributed by atoms with E-state index in [0.29, 0.717) is 134 Å². The molecule has 6 aromatic carbocycles. The van der Waals surface area contributed by atoms with Gasteiger partial charge < -0.3 is 57.1 Å². The molecule has 0 radical (unpaired) electrons. The molecular formula is C73H44Cl3F3N12O12. The minimum Gasteiger partial charge on any atom is -0.507 e. The van der Waals surface area contributed by atoms with Crippen LogP contribution in [0.25, 0.3) is 136 Å². The van der Waals surface area contributed by atoms with Crippen molar-refractivity contribution >= 4 is 102 Å². The van der Waals surface area contributed by atoms with E-state index in [1.165, 1.54) is 24.4 Å². The van der Waals surface area contributed by atoms with Gasteiger partial charge in [-0.15, -0.1) is 0 Å². The number of halogens is 6. The molecule has 0 bridgehead atoms. The van der Waals surface area contributed by atoms with E-state index in [1.54, 1.807) is 177 Å². The molecule has 0 saturated carbocycles. The number of para-hydroxylation sites is 2. The van der Waals surface area contributed by atoms with Crippen molar-refractivity contribution in [1.29, 1.82) is 0 Å². The van der Waals surface area contributed by atoms with Crippen LogP contribution in [0, 0.1) is 0 Å². The Bertz CT molecular complexity index is 5450. The summed E-state index contributed by atoms with van der Waals surface area (Å²) in [6.07, 6.45) is 8.36. The van der Waals surface area contributed by atoms with Crippen molar-refractivity contribution in [2.45, 2.75) is 6.18 Å². The topological polar surface area (TPSA) is 355 Å². The van der Waals surface area contributed by atoms with Gasteiger partial charge in [0.1, 0.15) is 56.6 Å². The van der Waals surface area contributed by atoms with Crippen LogP contribution in [0.5, 0.6) is 34.5 Å². The first-order valence-electron chi connectivity index (χ1n) is 30.1. The molecule has 12 heterocycles. The molecule has 6 N–H and O–H groups in total. The monoisotopic (exact) mass is 1440 g/mol. The van der Waals surface area contributed by atoms with E-state index in [9.17, 15) is 43.8 Å². The molecule has 103 heavy (non-hydrogen) atoms. The van der Waals surface area contributed by atoms with Crippen molar-refractivity contribution in [2.24, 2.45) is 0 Å². The molecule has 30 heteroatoms. The van der Waals surface area contributed by atoms with Gasteiger partial charge in [0.2, 0.25) is 46.8 Å². The second-order valence-corrected chi connectivity index (χ2v) is 22.7. The maximum atomic E-state index is 12.7. The van der Waals surface area contributed by atoms with Crippen LogP contribution < -0.4 is 0 Å². The lowest BCUT2D eigenvalue weighted by Gasteiger charge is -2.08. The number of aromatic hydroxyl groups is 6. The molecule has 18 rings (SSSR count). The molecule has 0 aliphatic carbocycles. The summed E-state index contributed by atoms with van der Waals surface area (Å²) in [5.41, 5.74) is 8.01. The number of hydrogen-bond donors (Lipinski definition) is 6. The van der Waals surface area contributed by atoms with E-state index in [2.05, 4.69) is 59.8 Å². The molecule has 0 aliphatic heterocycles. The number of benzene rings is 6. The summed E-state index contributed by atoms with van der Waals surface area (Å²) in [6.45, 7) is 0. The predicted octanol–water partition coefficient (Wildman–Crippen LogP) is 18.6. The summed E-state index contributed by atoms with van der Waals surface area (Å²) >= 11 is 17.6. The zero-order valence-corrected chi connectivity index (χ0v) is 54.5. The number of alkyl halides is 3. The van der Waals surface area contributed by atoms with Gasteiger partial charge in [0.25, 0.3) is 0 Å². The van der Waals surface area contributed by atoms with Gasteiger partial charge >= 0.3 is 6.18 Å². The van der Waals surface area contributed by atoms with Crippen molar-refractivity contribution < 1.29 is 70.3 Å². The Morgan fingerprint density at radius 3 is 1.04 bits per heavy atom. The fraction of sp³-hybridized carbons (Fsp3) is 0.0137. The van der Waals surface area contributed by atoms with Crippen LogP contribution in [0.2, 0.25) is 15.1 Å². The van der Waals surface area contributed by atoms with E-state index in [1.807, 2.05) is 12.1 Å². The maximum Gasteiger partial charge on any atom is 0.416 e. The number of nitrogens with zero attached hydrogens (tertiary/aromatic N) is 12. The lowest BCUT2D eigenvalue weighted by molar-refractivity contribution is -0.137. The van der Waals surface area contributed by atoms with E-state index in [0.717, 1.165) is 18.2 Å². The summed E-state index contributed by atoms with van der Waals surface area (Å²) < 4.78 is 70.8. The second-order valence-electron chi connectivity index (χ2n) is 21.4. The molecule has 0 aliphatic rings. The Morgan fingerprint density at radius 2 is 0.631 bits per heavy atom. The number of phenols is 6. The minimum atomic E-state index is -4.51. The van der Waals surface area contributed by atoms with Crippen LogP contribution in [-0.2, 0) is 6.18 Å². The standard InChI is InChI=1S/C13H7F3N2O2.3C12H7ClN2O2.2C12H8N2O2/c14-13(15,16)7-3-4-10(19)8(6-7)11-18-9-2-1-5-17-12(9)20-11;13-7-1-2-10(16)8(5-7)12-15-9-6-14-4-3-11(9)17-12;13-7-3-4-9(16)8(6-7)12-15-11-10(17-12)2-1-5-14-11;13-7-3-4-10(16)8(6-7)11-15-9-2-1-5-14-12(9)17-11;15-9-5-2-1-4-8(9)12-14-11-10(16-12)6-3-7-13-11;15-10-4-2-1-3-8(10)12-14-9-7-13-6-5-11(9)16-12/h1-6,19H;3*1-6,16H;2*1-7,15H. The van der Waals surface area contributed by atoms with Crippen molar-refractivity contribution in [2.75, 3.05) is 0 Å². The van der Waals surface area contributed by atoms with Crippen LogP contribution in [0.1, 0.15) is 5.56 Å². The zero-order chi connectivity index (χ0) is 71.7. The van der Waals surface area contributed by atoms with E-state index >= 15 is 0 Å². The largest absolute Gasteiger partial charge is 0.507 e. The van der Waals surface area contributed by atoms with E-state index in [4.69, 9.17) is 61.3 Å². The summed E-state index contributed by atoms with van der Waals surface area (Å²) in [4.78, 5) is 49.1. The Hall–Kier alpha value is -13.5. The molecule has 0 atom stereocenters. The average Bonchev–Trinajstić information content (AvgIpc) is 1.76. The quantitative estimate of drug-likeness (QED) is 0.0900. The van der Waals surface area contributed by atoms with E-state index < -0.39 is 11.7 Å². The van der Waals surface area contributed by atoms with Crippen LogP contribution in [-0.4, -0.2) is 90.4 Å². The first kappa shape index (κ1) is 68.0. The van der Waals surface area contributed by atoms with Crippen molar-refractivity contribution in [3.05, 3.63) is 252 Å². The number of rotatable bonds is 6. The van der Waals surface area contributed by atoms with E-state index in [-0.39, 0.29) is 51.7 Å². The number of fused-ring (bicyclic) bond motifs is 6. The normalized spacial score (nSPS) is 11.0. The van der Waals surface area contributed by atoms with Gasteiger partial charge in [0, 0.05) is 64.4 Å². The Balaban J connectivity index is 0.000000110. The van der Waals surface area contributed by atoms with Crippen molar-refractivity contribution in [3.63, 3.8) is 0 Å².